The van der Waals surface area contributed by atoms with E-state index in [2.05, 4.69) is 16.4 Å². The highest BCUT2D eigenvalue weighted by molar-refractivity contribution is 7.91. The van der Waals surface area contributed by atoms with Crippen molar-refractivity contribution in [1.82, 2.24) is 4.98 Å². The van der Waals surface area contributed by atoms with Crippen molar-refractivity contribution in [2.24, 2.45) is 0 Å². The summed E-state index contributed by atoms with van der Waals surface area (Å²) in [4.78, 5) is 30.0. The van der Waals surface area contributed by atoms with Crippen molar-refractivity contribution in [3.63, 3.8) is 0 Å². The molecule has 164 valence electrons. The van der Waals surface area contributed by atoms with Crippen LogP contribution in [-0.4, -0.2) is 25.1 Å². The van der Waals surface area contributed by atoms with Crippen LogP contribution in [0.5, 0.6) is 0 Å². The Morgan fingerprint density at radius 2 is 1.64 bits per heavy atom. The number of sulfone groups is 1. The number of carbonyl (C=O) groups is 2. The van der Waals surface area contributed by atoms with Crippen LogP contribution in [0.25, 0.3) is 11.3 Å². The number of carbonyl (C=O) groups excluding carboxylic acids is 2. The highest BCUT2D eigenvalue weighted by atomic mass is 32.2. The van der Waals surface area contributed by atoms with Gasteiger partial charge >= 0.3 is 0 Å². The van der Waals surface area contributed by atoms with Crippen LogP contribution in [-0.2, 0) is 9.84 Å². The second kappa shape index (κ2) is 7.75. The van der Waals surface area contributed by atoms with Gasteiger partial charge in [0, 0.05) is 27.6 Å². The summed E-state index contributed by atoms with van der Waals surface area (Å²) >= 11 is 1.28. The Hall–Kier alpha value is -3.62. The first-order valence-corrected chi connectivity index (χ1v) is 12.5. The number of amides is 1. The maximum absolute atomic E-state index is 13.1. The molecule has 0 aliphatic carbocycles. The van der Waals surface area contributed by atoms with Crippen LogP contribution in [0.2, 0.25) is 0 Å². The Balaban J connectivity index is 1.45. The van der Waals surface area contributed by atoms with E-state index in [9.17, 15) is 18.0 Å². The number of nitrogens with one attached hydrogen (secondary N) is 1. The molecule has 8 heteroatoms. The van der Waals surface area contributed by atoms with E-state index < -0.39 is 15.7 Å². The topological polar surface area (TPSA) is 93.2 Å². The first-order chi connectivity index (χ1) is 15.8. The molecule has 0 saturated heterocycles. The monoisotopic (exact) mass is 474 g/mol. The number of aryl methyl sites for hydroxylation is 2. The standard InChI is InChI=1S/C25H18N2O4S2/c1-14-7-9-17(15(2)11-14)20-13-32-25(26-20)27-24(29)16-8-10-19-22(12-16)33(30,31)21-6-4-3-5-18(21)23(19)28/h3-13H,1-2H3,(H,26,27,29). The number of rotatable bonds is 3. The average Bonchev–Trinajstić information content (AvgIpc) is 3.25. The van der Waals surface area contributed by atoms with Crippen LogP contribution in [0.1, 0.15) is 37.4 Å². The number of aromatic nitrogens is 1. The molecule has 1 aliphatic rings. The van der Waals surface area contributed by atoms with E-state index in [4.69, 9.17) is 0 Å². The highest BCUT2D eigenvalue weighted by Gasteiger charge is 2.35. The molecule has 3 aromatic carbocycles. The predicted molar refractivity (Wildman–Crippen MR) is 127 cm³/mol. The maximum atomic E-state index is 13.1. The van der Waals surface area contributed by atoms with Gasteiger partial charge < -0.3 is 0 Å². The van der Waals surface area contributed by atoms with Gasteiger partial charge in [-0.15, -0.1) is 11.3 Å². The van der Waals surface area contributed by atoms with E-state index in [1.165, 1.54) is 41.7 Å². The number of nitrogens with zero attached hydrogens (tertiary/aromatic N) is 1. The minimum atomic E-state index is -3.92. The first kappa shape index (κ1) is 21.2. The van der Waals surface area contributed by atoms with Crippen molar-refractivity contribution in [2.45, 2.75) is 23.6 Å². The molecule has 0 atom stereocenters. The fourth-order valence-electron chi connectivity index (χ4n) is 3.95. The van der Waals surface area contributed by atoms with Crippen molar-refractivity contribution in [2.75, 3.05) is 5.32 Å². The van der Waals surface area contributed by atoms with Crippen molar-refractivity contribution in [1.29, 1.82) is 0 Å². The molecule has 0 radical (unpaired) electrons. The van der Waals surface area contributed by atoms with E-state index >= 15 is 0 Å². The SMILES string of the molecule is Cc1ccc(-c2csc(NC(=O)c3ccc4c(c3)S(=O)(=O)c3ccccc3C4=O)n2)c(C)c1. The summed E-state index contributed by atoms with van der Waals surface area (Å²) in [5, 5.41) is 4.99. The van der Waals surface area contributed by atoms with Crippen molar-refractivity contribution >= 4 is 38.0 Å². The number of anilines is 1. The fourth-order valence-corrected chi connectivity index (χ4v) is 6.33. The molecule has 33 heavy (non-hydrogen) atoms. The van der Waals surface area contributed by atoms with E-state index in [1.54, 1.807) is 12.1 Å². The Kier molecular flexibility index (Phi) is 4.99. The Morgan fingerprint density at radius 1 is 0.909 bits per heavy atom. The number of ketones is 1. The van der Waals surface area contributed by atoms with Crippen LogP contribution in [0.4, 0.5) is 5.13 Å². The molecule has 6 nitrogen and oxygen atoms in total. The number of hydrogen-bond acceptors (Lipinski definition) is 6. The molecule has 0 saturated carbocycles. The molecule has 5 rings (SSSR count). The quantitative estimate of drug-likeness (QED) is 0.395. The van der Waals surface area contributed by atoms with Crippen LogP contribution in [0.15, 0.2) is 75.8 Å². The molecule has 1 aliphatic heterocycles. The molecule has 0 bridgehead atoms. The second-order valence-corrected chi connectivity index (χ2v) is 10.6. The van der Waals surface area contributed by atoms with Crippen molar-refractivity contribution in [3.05, 3.63) is 93.9 Å². The summed E-state index contributed by atoms with van der Waals surface area (Å²) < 4.78 is 26.2. The Labute approximate surface area is 194 Å². The van der Waals surface area contributed by atoms with E-state index in [-0.39, 0.29) is 32.3 Å². The summed E-state index contributed by atoms with van der Waals surface area (Å²) in [6.07, 6.45) is 0. The van der Waals surface area contributed by atoms with Crippen LogP contribution in [0.3, 0.4) is 0 Å². The molecule has 0 spiro atoms. The van der Waals surface area contributed by atoms with Gasteiger partial charge in [-0.25, -0.2) is 13.4 Å². The van der Waals surface area contributed by atoms with Gasteiger partial charge in [0.1, 0.15) is 0 Å². The first-order valence-electron chi connectivity index (χ1n) is 10.1. The lowest BCUT2D eigenvalue weighted by atomic mass is 10.0. The molecule has 1 amide bonds. The lowest BCUT2D eigenvalue weighted by Gasteiger charge is -2.19. The van der Waals surface area contributed by atoms with Crippen LogP contribution >= 0.6 is 11.3 Å². The van der Waals surface area contributed by atoms with Crippen LogP contribution in [0, 0.1) is 13.8 Å². The molecular weight excluding hydrogens is 456 g/mol. The van der Waals surface area contributed by atoms with Crippen LogP contribution < -0.4 is 5.32 Å². The third-order valence-electron chi connectivity index (χ3n) is 5.58. The Morgan fingerprint density at radius 3 is 2.42 bits per heavy atom. The average molecular weight is 475 g/mol. The summed E-state index contributed by atoms with van der Waals surface area (Å²) in [5.74, 6) is -0.874. The summed E-state index contributed by atoms with van der Waals surface area (Å²) in [6, 6.07) is 16.3. The molecule has 0 fully saturated rings. The van der Waals surface area contributed by atoms with Crippen molar-refractivity contribution in [3.8, 4) is 11.3 Å². The van der Waals surface area contributed by atoms with Gasteiger partial charge in [0.25, 0.3) is 5.91 Å². The van der Waals surface area contributed by atoms with Crippen molar-refractivity contribution < 1.29 is 18.0 Å². The second-order valence-electron chi connectivity index (χ2n) is 7.85. The molecule has 1 aromatic heterocycles. The minimum absolute atomic E-state index is 0.0434. The van der Waals surface area contributed by atoms with Gasteiger partial charge in [0.2, 0.25) is 9.84 Å². The van der Waals surface area contributed by atoms with Gasteiger partial charge in [-0.05, 0) is 49.7 Å². The number of hydrogen-bond donors (Lipinski definition) is 1. The summed E-state index contributed by atoms with van der Waals surface area (Å²) in [6.45, 7) is 4.03. The third kappa shape index (κ3) is 3.57. The number of benzene rings is 3. The lowest BCUT2D eigenvalue weighted by Crippen LogP contribution is -2.21. The predicted octanol–water partition coefficient (Wildman–Crippen LogP) is 5.06. The largest absolute Gasteiger partial charge is 0.298 e. The maximum Gasteiger partial charge on any atom is 0.257 e. The fraction of sp³-hybridized carbons (Fsp3) is 0.0800. The number of thiazole rings is 1. The van der Waals surface area contributed by atoms with Gasteiger partial charge in [0.15, 0.2) is 10.9 Å². The molecule has 2 heterocycles. The molecular formula is C25H18N2O4S2. The lowest BCUT2D eigenvalue weighted by molar-refractivity contribution is 0.101. The zero-order valence-corrected chi connectivity index (χ0v) is 19.4. The molecule has 0 unspecified atom stereocenters. The Bertz CT molecular complexity index is 1570. The van der Waals surface area contributed by atoms with Gasteiger partial charge in [0.05, 0.1) is 15.5 Å². The normalized spacial score (nSPS) is 13.8. The molecule has 4 aromatic rings. The highest BCUT2D eigenvalue weighted by Crippen LogP contribution is 2.35. The molecule has 1 N–H and O–H groups in total. The smallest absolute Gasteiger partial charge is 0.257 e. The zero-order valence-electron chi connectivity index (χ0n) is 17.7. The van der Waals surface area contributed by atoms with E-state index in [0.717, 1.165) is 22.4 Å². The summed E-state index contributed by atoms with van der Waals surface area (Å²) in [5.41, 5.74) is 4.32. The minimum Gasteiger partial charge on any atom is -0.298 e. The summed E-state index contributed by atoms with van der Waals surface area (Å²) in [7, 11) is -3.92. The third-order valence-corrected chi connectivity index (χ3v) is 8.19. The van der Waals surface area contributed by atoms with Gasteiger partial charge in [-0.3, -0.25) is 14.9 Å². The van der Waals surface area contributed by atoms with E-state index in [0.29, 0.717) is 5.13 Å². The van der Waals surface area contributed by atoms with Gasteiger partial charge in [-0.1, -0.05) is 35.9 Å². The zero-order chi connectivity index (χ0) is 23.3. The van der Waals surface area contributed by atoms with Gasteiger partial charge in [-0.2, -0.15) is 0 Å². The number of fused-ring (bicyclic) bond motifs is 2. The van der Waals surface area contributed by atoms with E-state index in [1.807, 2.05) is 31.4 Å².